The molecule has 0 aromatic heterocycles. The van der Waals surface area contributed by atoms with Gasteiger partial charge in [-0.15, -0.1) is 0 Å². The van der Waals surface area contributed by atoms with Crippen molar-refractivity contribution in [3.8, 4) is 0 Å². The van der Waals surface area contributed by atoms with E-state index < -0.39 is 0 Å². The van der Waals surface area contributed by atoms with E-state index in [0.29, 0.717) is 37.6 Å². The molecular weight excluding hydrogens is 455 g/mol. The van der Waals surface area contributed by atoms with Gasteiger partial charge in [0.05, 0.1) is 0 Å². The van der Waals surface area contributed by atoms with Gasteiger partial charge in [0, 0.05) is 77.3 Å². The second kappa shape index (κ2) is 15.7. The minimum Gasteiger partial charge on any atom is 0 e. The maximum atomic E-state index is 4.81. The molecule has 0 aliphatic rings. The van der Waals surface area contributed by atoms with Crippen molar-refractivity contribution in [2.45, 2.75) is 0 Å². The average molecular weight is 455 g/mol. The molecule has 4 heavy (non-hydrogen) atoms. The van der Waals surface area contributed by atoms with E-state index in [1.165, 1.54) is 0 Å². The van der Waals surface area contributed by atoms with Crippen LogP contribution in [-0.4, -0.2) is 0 Å². The van der Waals surface area contributed by atoms with E-state index in [0.717, 1.165) is 0 Å². The quantitative estimate of drug-likeness (QED) is 0.505. The Morgan fingerprint density at radius 1 is 1.25 bits per heavy atom. The van der Waals surface area contributed by atoms with Gasteiger partial charge >= 0.3 is 43.3 Å². The molecule has 0 aliphatic heterocycles. The first-order valence-corrected chi connectivity index (χ1v) is 4.86. The molecule has 0 amide bonds. The number of halogens is 1. The van der Waals surface area contributed by atoms with Crippen LogP contribution in [0.1, 0.15) is 0 Å². The number of rotatable bonds is 0. The van der Waals surface area contributed by atoms with Crippen LogP contribution in [0.4, 0.5) is 0 Å². The van der Waals surface area contributed by atoms with Crippen molar-refractivity contribution in [1.29, 1.82) is 0 Å². The second-order valence-electron chi connectivity index (χ2n) is 0. The maximum absolute atomic E-state index is 4.81. The van der Waals surface area contributed by atoms with Crippen molar-refractivity contribution < 1.29 is 115 Å². The molecule has 0 fully saturated rings. The Bertz CT molecular complexity index is 8.00. The van der Waals surface area contributed by atoms with E-state index in [-0.39, 0.29) is 77.3 Å². The van der Waals surface area contributed by atoms with Crippen molar-refractivity contribution in [3.05, 3.63) is 0 Å². The summed E-state index contributed by atoms with van der Waals surface area (Å²) in [6.07, 6.45) is 0. The van der Waals surface area contributed by atoms with Crippen LogP contribution in [0.3, 0.4) is 0 Å². The molecule has 0 saturated heterocycles. The molecule has 0 spiro atoms. The van der Waals surface area contributed by atoms with Gasteiger partial charge in [0.1, 0.15) is 0 Å². The Balaban J connectivity index is -0.00000000500. The van der Waals surface area contributed by atoms with Gasteiger partial charge in [0.25, 0.3) is 0 Å². The first-order chi connectivity index (χ1) is 1.00. The normalized spacial score (nSPS) is 1.00. The zero-order valence-electron chi connectivity index (χ0n) is 2.03. The number of hydrogen-bond donors (Lipinski definition) is 0. The molecule has 4 heteroatoms. The van der Waals surface area contributed by atoms with Gasteiger partial charge < -0.3 is 0 Å². The molecule has 0 unspecified atom stereocenters. The Morgan fingerprint density at radius 3 is 1.25 bits per heavy atom. The van der Waals surface area contributed by atoms with Crippen molar-refractivity contribution in [3.63, 3.8) is 0 Å². The van der Waals surface area contributed by atoms with Crippen molar-refractivity contribution in [2.75, 3.05) is 0 Å². The van der Waals surface area contributed by atoms with Crippen LogP contribution in [0.2, 0.25) is 0 Å². The van der Waals surface area contributed by atoms with Crippen LogP contribution in [0.25, 0.3) is 0 Å². The smallest absolute Gasteiger partial charge is 0 e. The van der Waals surface area contributed by atoms with E-state index >= 15 is 0 Å². The summed E-state index contributed by atoms with van der Waals surface area (Å²) >= 11 is 0.639. The summed E-state index contributed by atoms with van der Waals surface area (Å²) in [6.45, 7) is 0. The Kier molecular flexibility index (Phi) is 61.7. The largest absolute Gasteiger partial charge is 0 e. The van der Waals surface area contributed by atoms with E-state index in [4.69, 9.17) is 5.72 Å². The van der Waals surface area contributed by atoms with Gasteiger partial charge in [-0.1, -0.05) is 0 Å². The zero-order chi connectivity index (χ0) is 2.00. The summed E-state index contributed by atoms with van der Waals surface area (Å²) in [7, 11) is 0. The van der Waals surface area contributed by atoms with Crippen LogP contribution >= 0.6 is 5.72 Å². The van der Waals surface area contributed by atoms with Crippen molar-refractivity contribution in [2.24, 2.45) is 0 Å². The minimum atomic E-state index is 0. The summed E-state index contributed by atoms with van der Waals surface area (Å²) in [5.74, 6) is 0. The summed E-state index contributed by atoms with van der Waals surface area (Å²) in [4.78, 5) is 0. The van der Waals surface area contributed by atoms with Crippen molar-refractivity contribution in [1.82, 2.24) is 0 Å². The minimum absolute atomic E-state index is 0. The molecule has 0 rings (SSSR count). The topological polar surface area (TPSA) is 0 Å². The van der Waals surface area contributed by atoms with E-state index in [1.54, 1.807) is 0 Å². The van der Waals surface area contributed by atoms with Gasteiger partial charge in [-0.25, -0.2) is 0 Å². The first kappa shape index (κ1) is 15.7. The first-order valence-electron chi connectivity index (χ1n) is 0.218. The molecular formula is CeClLaPr. The van der Waals surface area contributed by atoms with Crippen LogP contribution in [0.15, 0.2) is 0 Å². The van der Waals surface area contributed by atoms with Crippen LogP contribution in [0, 0.1) is 115 Å². The SMILES string of the molecule is [Ce].[Cl][Pr].[La]. The fourth-order valence-corrected chi connectivity index (χ4v) is 0. The van der Waals surface area contributed by atoms with Crippen LogP contribution < -0.4 is 0 Å². The third-order valence-corrected chi connectivity index (χ3v) is 0. The third kappa shape index (κ3) is 9.52. The summed E-state index contributed by atoms with van der Waals surface area (Å²) in [6, 6.07) is 0. The molecule has 1 radical (unpaired) electrons. The van der Waals surface area contributed by atoms with Crippen molar-refractivity contribution >= 4 is 5.72 Å². The Morgan fingerprint density at radius 2 is 1.25 bits per heavy atom. The van der Waals surface area contributed by atoms with E-state index in [1.807, 2.05) is 0 Å². The molecule has 0 bridgehead atoms. The van der Waals surface area contributed by atoms with Gasteiger partial charge in [-0.05, 0) is 0 Å². The average Bonchev–Trinajstić information content (AvgIpc) is 1.00. The van der Waals surface area contributed by atoms with Crippen LogP contribution in [-0.2, 0) is 0 Å². The molecule has 0 N–H and O–H groups in total. The summed E-state index contributed by atoms with van der Waals surface area (Å²) in [5, 5.41) is 0. The Hall–Kier alpha value is 4.23. The zero-order valence-corrected chi connectivity index (χ0v) is 13.3. The van der Waals surface area contributed by atoms with Gasteiger partial charge in [-0.3, -0.25) is 0 Å². The fraction of sp³-hybridized carbons (Fsp3) is 0. The van der Waals surface area contributed by atoms with Gasteiger partial charge in [-0.2, -0.15) is 0 Å². The van der Waals surface area contributed by atoms with Gasteiger partial charge in [0.2, 0.25) is 0 Å². The second-order valence-corrected chi connectivity index (χ2v) is 0. The number of hydrogen-bond acceptors (Lipinski definition) is 0. The molecule has 17 valence electrons. The standard InChI is InChI=1S/Ce.ClH.La.Pr/h;1H;;/q;;;+1/p-1. The van der Waals surface area contributed by atoms with E-state index in [2.05, 4.69) is 0 Å². The molecule has 0 nitrogen and oxygen atoms in total. The predicted octanol–water partition coefficient (Wildman–Crippen LogP) is 0.690. The molecule has 0 atom stereocenters. The Labute approximate surface area is 117 Å². The summed E-state index contributed by atoms with van der Waals surface area (Å²) in [5.41, 5.74) is 4.81. The maximum Gasteiger partial charge on any atom is 0 e. The summed E-state index contributed by atoms with van der Waals surface area (Å²) < 4.78 is 0. The molecule has 0 saturated carbocycles. The fourth-order valence-electron chi connectivity index (χ4n) is 0. The monoisotopic (exact) mass is 455 g/mol. The third-order valence-electron chi connectivity index (χ3n) is 0. The molecule has 0 aliphatic carbocycles. The molecule has 0 heterocycles. The van der Waals surface area contributed by atoms with Crippen LogP contribution in [0.5, 0.6) is 0 Å². The molecule has 0 aromatic rings. The van der Waals surface area contributed by atoms with E-state index in [9.17, 15) is 0 Å². The molecule has 0 aromatic carbocycles. The predicted molar refractivity (Wildman–Crippen MR) is 5.85 cm³/mol. The van der Waals surface area contributed by atoms with Gasteiger partial charge in [0.15, 0.2) is 0 Å².